The molecule has 0 radical (unpaired) electrons. The fourth-order valence-corrected chi connectivity index (χ4v) is 1.75. The minimum atomic E-state index is -1.07. The number of para-hydroxylation sites is 1. The summed E-state index contributed by atoms with van der Waals surface area (Å²) in [5.41, 5.74) is 0.889. The zero-order valence-electron chi connectivity index (χ0n) is 9.63. The number of aryl methyl sites for hydroxylation is 1. The van der Waals surface area contributed by atoms with Gasteiger partial charge >= 0.3 is 5.97 Å². The molecular weight excluding hydrogens is 256 g/mol. The van der Waals surface area contributed by atoms with Gasteiger partial charge in [0.05, 0.1) is 11.2 Å². The van der Waals surface area contributed by atoms with Crippen molar-refractivity contribution in [1.82, 2.24) is 9.78 Å². The number of ether oxygens (including phenoxy) is 1. The molecule has 0 aliphatic rings. The highest BCUT2D eigenvalue weighted by atomic mass is 35.5. The minimum absolute atomic E-state index is 0.0476. The molecule has 1 N–H and O–H groups in total. The van der Waals surface area contributed by atoms with Gasteiger partial charge in [0.1, 0.15) is 12.2 Å². The summed E-state index contributed by atoms with van der Waals surface area (Å²) in [6.07, 6.45) is 3.44. The van der Waals surface area contributed by atoms with E-state index in [0.29, 0.717) is 0 Å². The molecule has 1 heterocycles. The first-order valence-electron chi connectivity index (χ1n) is 5.20. The quantitative estimate of drug-likeness (QED) is 0.923. The molecule has 6 heteroatoms. The molecule has 1 aromatic heterocycles. The number of carbonyl (C=O) groups is 1. The van der Waals surface area contributed by atoms with E-state index in [2.05, 4.69) is 5.10 Å². The van der Waals surface area contributed by atoms with Crippen LogP contribution in [-0.2, 0) is 13.7 Å². The number of benzene rings is 1. The van der Waals surface area contributed by atoms with E-state index in [1.807, 2.05) is 0 Å². The number of carboxylic acid groups (broad SMARTS) is 1. The summed E-state index contributed by atoms with van der Waals surface area (Å²) in [6, 6.07) is 4.61. The van der Waals surface area contributed by atoms with E-state index >= 15 is 0 Å². The highest BCUT2D eigenvalue weighted by Crippen LogP contribution is 2.29. The van der Waals surface area contributed by atoms with Crippen LogP contribution in [0.15, 0.2) is 30.6 Å². The molecule has 0 fully saturated rings. The van der Waals surface area contributed by atoms with Crippen molar-refractivity contribution in [3.63, 3.8) is 0 Å². The molecule has 0 atom stereocenters. The summed E-state index contributed by atoms with van der Waals surface area (Å²) in [6.45, 7) is 0.220. The Labute approximate surface area is 109 Å². The van der Waals surface area contributed by atoms with Crippen molar-refractivity contribution in [2.75, 3.05) is 0 Å². The molecule has 0 saturated heterocycles. The van der Waals surface area contributed by atoms with Crippen LogP contribution in [0.1, 0.15) is 15.9 Å². The van der Waals surface area contributed by atoms with Crippen molar-refractivity contribution < 1.29 is 14.6 Å². The van der Waals surface area contributed by atoms with Gasteiger partial charge < -0.3 is 9.84 Å². The van der Waals surface area contributed by atoms with Crippen LogP contribution in [0, 0.1) is 0 Å². The van der Waals surface area contributed by atoms with Crippen LogP contribution < -0.4 is 4.74 Å². The topological polar surface area (TPSA) is 64.3 Å². The molecule has 0 bridgehead atoms. The standard InChI is InChI=1S/C12H11ClN2O3/c1-15-6-8(5-14-15)7-18-11-9(12(16)17)3-2-4-10(11)13/h2-6H,7H2,1H3,(H,16,17). The number of halogens is 1. The SMILES string of the molecule is Cn1cc(COc2c(Cl)cccc2C(=O)O)cn1. The van der Waals surface area contributed by atoms with Crippen molar-refractivity contribution in [3.8, 4) is 5.75 Å². The van der Waals surface area contributed by atoms with Crippen molar-refractivity contribution in [1.29, 1.82) is 0 Å². The Morgan fingerprint density at radius 1 is 1.56 bits per heavy atom. The Hall–Kier alpha value is -2.01. The number of aromatic nitrogens is 2. The number of aromatic carboxylic acids is 1. The van der Waals surface area contributed by atoms with Crippen molar-refractivity contribution >= 4 is 17.6 Å². The average Bonchev–Trinajstić information content (AvgIpc) is 2.73. The molecule has 94 valence electrons. The molecule has 0 aliphatic heterocycles. The van der Waals surface area contributed by atoms with E-state index < -0.39 is 5.97 Å². The first-order chi connectivity index (χ1) is 8.58. The van der Waals surface area contributed by atoms with Crippen LogP contribution in [0.5, 0.6) is 5.75 Å². The van der Waals surface area contributed by atoms with Crippen LogP contribution in [-0.4, -0.2) is 20.9 Å². The van der Waals surface area contributed by atoms with Gasteiger partial charge in [-0.3, -0.25) is 4.68 Å². The second-order valence-corrected chi connectivity index (χ2v) is 4.14. The van der Waals surface area contributed by atoms with E-state index in [9.17, 15) is 4.79 Å². The van der Waals surface area contributed by atoms with Gasteiger partial charge in [-0.25, -0.2) is 4.79 Å². The van der Waals surface area contributed by atoms with Gasteiger partial charge in [0, 0.05) is 18.8 Å². The van der Waals surface area contributed by atoms with Crippen LogP contribution in [0.2, 0.25) is 5.02 Å². The molecule has 0 unspecified atom stereocenters. The van der Waals surface area contributed by atoms with E-state index in [-0.39, 0.29) is 22.9 Å². The Kier molecular flexibility index (Phi) is 3.53. The summed E-state index contributed by atoms with van der Waals surface area (Å²) in [7, 11) is 1.79. The second kappa shape index (κ2) is 5.10. The third-order valence-corrected chi connectivity index (χ3v) is 2.64. The zero-order valence-corrected chi connectivity index (χ0v) is 10.4. The van der Waals surface area contributed by atoms with E-state index in [0.717, 1.165) is 5.56 Å². The van der Waals surface area contributed by atoms with E-state index in [4.69, 9.17) is 21.4 Å². The van der Waals surface area contributed by atoms with Gasteiger partial charge in [0.25, 0.3) is 0 Å². The first-order valence-corrected chi connectivity index (χ1v) is 5.58. The second-order valence-electron chi connectivity index (χ2n) is 3.73. The summed E-state index contributed by atoms with van der Waals surface area (Å²) in [4.78, 5) is 11.0. The first kappa shape index (κ1) is 12.4. The molecule has 2 aromatic rings. The Balaban J connectivity index is 2.20. The molecule has 18 heavy (non-hydrogen) atoms. The maximum absolute atomic E-state index is 11.0. The zero-order chi connectivity index (χ0) is 13.1. The maximum Gasteiger partial charge on any atom is 0.339 e. The van der Waals surface area contributed by atoms with E-state index in [1.54, 1.807) is 36.3 Å². The Morgan fingerprint density at radius 2 is 2.33 bits per heavy atom. The average molecular weight is 267 g/mol. The van der Waals surface area contributed by atoms with Crippen LogP contribution in [0.4, 0.5) is 0 Å². The van der Waals surface area contributed by atoms with Crippen LogP contribution >= 0.6 is 11.6 Å². The fourth-order valence-electron chi connectivity index (χ4n) is 1.53. The van der Waals surface area contributed by atoms with Crippen molar-refractivity contribution in [2.24, 2.45) is 7.05 Å². The predicted molar refractivity (Wildman–Crippen MR) is 66.0 cm³/mol. The molecular formula is C12H11ClN2O3. The highest BCUT2D eigenvalue weighted by molar-refractivity contribution is 6.32. The smallest absolute Gasteiger partial charge is 0.339 e. The molecule has 0 spiro atoms. The summed E-state index contributed by atoms with van der Waals surface area (Å²) >= 11 is 5.94. The summed E-state index contributed by atoms with van der Waals surface area (Å²) < 4.78 is 7.10. The number of hydrogen-bond donors (Lipinski definition) is 1. The molecule has 0 aliphatic carbocycles. The number of hydrogen-bond acceptors (Lipinski definition) is 3. The van der Waals surface area contributed by atoms with Gasteiger partial charge in [-0.1, -0.05) is 17.7 Å². The minimum Gasteiger partial charge on any atom is -0.486 e. The highest BCUT2D eigenvalue weighted by Gasteiger charge is 2.14. The fraction of sp³-hybridized carbons (Fsp3) is 0.167. The number of rotatable bonds is 4. The Bertz CT molecular complexity index is 580. The third kappa shape index (κ3) is 2.62. The molecule has 5 nitrogen and oxygen atoms in total. The monoisotopic (exact) mass is 266 g/mol. The van der Waals surface area contributed by atoms with Gasteiger partial charge in [0.15, 0.2) is 5.75 Å². The maximum atomic E-state index is 11.0. The van der Waals surface area contributed by atoms with Gasteiger partial charge in [-0.15, -0.1) is 0 Å². The summed E-state index contributed by atoms with van der Waals surface area (Å²) in [5.74, 6) is -0.894. The lowest BCUT2D eigenvalue weighted by atomic mass is 10.2. The third-order valence-electron chi connectivity index (χ3n) is 2.34. The number of nitrogens with zero attached hydrogens (tertiary/aromatic N) is 2. The van der Waals surface area contributed by atoms with Crippen LogP contribution in [0.25, 0.3) is 0 Å². The number of carboxylic acids is 1. The largest absolute Gasteiger partial charge is 0.486 e. The van der Waals surface area contributed by atoms with Crippen molar-refractivity contribution in [3.05, 3.63) is 46.7 Å². The lowest BCUT2D eigenvalue weighted by Gasteiger charge is -2.09. The molecule has 0 amide bonds. The molecule has 0 saturated carbocycles. The van der Waals surface area contributed by atoms with Gasteiger partial charge in [-0.2, -0.15) is 5.10 Å². The normalized spacial score (nSPS) is 10.3. The lowest BCUT2D eigenvalue weighted by Crippen LogP contribution is -2.03. The van der Waals surface area contributed by atoms with Gasteiger partial charge in [0.2, 0.25) is 0 Å². The summed E-state index contributed by atoms with van der Waals surface area (Å²) in [5, 5.41) is 13.3. The van der Waals surface area contributed by atoms with E-state index in [1.165, 1.54) is 6.07 Å². The lowest BCUT2D eigenvalue weighted by molar-refractivity contribution is 0.0692. The van der Waals surface area contributed by atoms with Crippen LogP contribution in [0.3, 0.4) is 0 Å². The van der Waals surface area contributed by atoms with Gasteiger partial charge in [-0.05, 0) is 12.1 Å². The van der Waals surface area contributed by atoms with Crippen molar-refractivity contribution in [2.45, 2.75) is 6.61 Å². The Morgan fingerprint density at radius 3 is 2.94 bits per heavy atom. The predicted octanol–water partition coefficient (Wildman–Crippen LogP) is 2.35. The molecule has 1 aromatic carbocycles. The molecule has 2 rings (SSSR count).